The van der Waals surface area contributed by atoms with Crippen LogP contribution in [0.15, 0.2) is 65.6 Å². The lowest BCUT2D eigenvalue weighted by atomic mass is 10.1. The van der Waals surface area contributed by atoms with E-state index in [1.54, 1.807) is 48.4 Å². The van der Waals surface area contributed by atoms with Gasteiger partial charge in [-0.15, -0.1) is 0 Å². The van der Waals surface area contributed by atoms with E-state index in [9.17, 15) is 18.0 Å². The first-order valence-electron chi connectivity index (χ1n) is 12.0. The average Bonchev–Trinajstić information content (AvgIpc) is 3.35. The van der Waals surface area contributed by atoms with Gasteiger partial charge in [-0.3, -0.25) is 9.59 Å². The van der Waals surface area contributed by atoms with Gasteiger partial charge in [-0.05, 0) is 66.6 Å². The molecule has 0 spiro atoms. The monoisotopic (exact) mass is 573 g/mol. The van der Waals surface area contributed by atoms with Crippen LogP contribution >= 0.6 is 11.6 Å². The van der Waals surface area contributed by atoms with Crippen molar-refractivity contribution in [3.8, 4) is 11.5 Å². The number of benzene rings is 3. The highest BCUT2D eigenvalue weighted by molar-refractivity contribution is 7.89. The van der Waals surface area contributed by atoms with Crippen molar-refractivity contribution in [1.82, 2.24) is 4.72 Å². The molecular formula is C27H28ClN3O7S. The van der Waals surface area contributed by atoms with Gasteiger partial charge in [-0.25, -0.2) is 13.1 Å². The van der Waals surface area contributed by atoms with Crippen LogP contribution in [0.1, 0.15) is 15.9 Å². The van der Waals surface area contributed by atoms with Crippen LogP contribution in [0, 0.1) is 0 Å². The maximum Gasteiger partial charge on any atom is 0.262 e. The number of methoxy groups -OCH3 is 2. The molecule has 0 saturated heterocycles. The number of rotatable bonds is 11. The van der Waals surface area contributed by atoms with Gasteiger partial charge in [0, 0.05) is 37.1 Å². The molecule has 1 aliphatic heterocycles. The van der Waals surface area contributed by atoms with E-state index >= 15 is 0 Å². The maximum atomic E-state index is 13.1. The van der Waals surface area contributed by atoms with Crippen molar-refractivity contribution in [2.75, 3.05) is 50.7 Å². The van der Waals surface area contributed by atoms with Gasteiger partial charge in [0.1, 0.15) is 11.5 Å². The first-order chi connectivity index (χ1) is 18.7. The molecule has 0 saturated carbocycles. The topological polar surface area (TPSA) is 123 Å². The second kappa shape index (κ2) is 12.5. The first kappa shape index (κ1) is 28.4. The van der Waals surface area contributed by atoms with Gasteiger partial charge in [0.15, 0.2) is 6.61 Å². The second-order valence-corrected chi connectivity index (χ2v) is 10.8. The predicted molar refractivity (Wildman–Crippen MR) is 147 cm³/mol. The summed E-state index contributed by atoms with van der Waals surface area (Å²) >= 11 is 6.20. The smallest absolute Gasteiger partial charge is 0.262 e. The molecule has 1 heterocycles. The zero-order valence-electron chi connectivity index (χ0n) is 21.4. The van der Waals surface area contributed by atoms with E-state index in [0.29, 0.717) is 30.0 Å². The molecule has 3 aromatic carbocycles. The van der Waals surface area contributed by atoms with Crippen molar-refractivity contribution >= 4 is 44.8 Å². The summed E-state index contributed by atoms with van der Waals surface area (Å²) in [5.41, 5.74) is 2.78. The summed E-state index contributed by atoms with van der Waals surface area (Å²) in [6.45, 7) is 0.520. The molecule has 3 aromatic rings. The van der Waals surface area contributed by atoms with Crippen LogP contribution in [0.25, 0.3) is 0 Å². The molecule has 0 radical (unpaired) electrons. The molecule has 0 unspecified atom stereocenters. The fourth-order valence-electron chi connectivity index (χ4n) is 4.02. The zero-order chi connectivity index (χ0) is 28.0. The van der Waals surface area contributed by atoms with Gasteiger partial charge in [0.25, 0.3) is 11.8 Å². The number of fused-ring (bicyclic) bond motifs is 1. The quantitative estimate of drug-likeness (QED) is 0.337. The molecular weight excluding hydrogens is 546 g/mol. The van der Waals surface area contributed by atoms with E-state index in [-0.39, 0.29) is 41.3 Å². The number of hydrogen-bond acceptors (Lipinski definition) is 7. The van der Waals surface area contributed by atoms with Gasteiger partial charge < -0.3 is 24.4 Å². The molecule has 0 aliphatic carbocycles. The van der Waals surface area contributed by atoms with Crippen molar-refractivity contribution in [2.45, 2.75) is 11.3 Å². The lowest BCUT2D eigenvalue weighted by Gasteiger charge is -2.18. The minimum absolute atomic E-state index is 0.0349. The highest BCUT2D eigenvalue weighted by Gasteiger charge is 2.26. The normalized spacial score (nSPS) is 12.6. The Hall–Kier alpha value is -3.64. The number of nitrogens with one attached hydrogen (secondary N) is 2. The largest absolute Gasteiger partial charge is 0.497 e. The zero-order valence-corrected chi connectivity index (χ0v) is 23.0. The first-order valence-corrected chi connectivity index (χ1v) is 13.9. The van der Waals surface area contributed by atoms with Crippen molar-refractivity contribution < 1.29 is 32.2 Å². The summed E-state index contributed by atoms with van der Waals surface area (Å²) in [6, 6.07) is 16.3. The van der Waals surface area contributed by atoms with Gasteiger partial charge >= 0.3 is 0 Å². The summed E-state index contributed by atoms with van der Waals surface area (Å²) in [5.74, 6) is 0.234. The van der Waals surface area contributed by atoms with E-state index in [1.807, 2.05) is 6.07 Å². The Morgan fingerprint density at radius 1 is 1.03 bits per heavy atom. The summed E-state index contributed by atoms with van der Waals surface area (Å²) in [7, 11) is -0.728. The van der Waals surface area contributed by atoms with E-state index in [1.165, 1.54) is 25.3 Å². The molecule has 206 valence electrons. The molecule has 2 amide bonds. The van der Waals surface area contributed by atoms with Crippen LogP contribution in [0.2, 0.25) is 5.02 Å². The van der Waals surface area contributed by atoms with Crippen LogP contribution in [0.3, 0.4) is 0 Å². The summed E-state index contributed by atoms with van der Waals surface area (Å²) in [4.78, 5) is 27.3. The number of hydrogen-bond donors (Lipinski definition) is 2. The van der Waals surface area contributed by atoms with Crippen molar-refractivity contribution in [3.63, 3.8) is 0 Å². The van der Waals surface area contributed by atoms with Gasteiger partial charge in [0.2, 0.25) is 10.0 Å². The Kier molecular flexibility index (Phi) is 9.08. The number of sulfonamides is 1. The number of ether oxygens (including phenoxy) is 3. The third kappa shape index (κ3) is 6.87. The number of carbonyl (C=O) groups is 2. The van der Waals surface area contributed by atoms with E-state index in [2.05, 4.69) is 10.0 Å². The lowest BCUT2D eigenvalue weighted by molar-refractivity contribution is -0.118. The molecule has 0 aromatic heterocycles. The molecule has 10 nitrogen and oxygen atoms in total. The summed E-state index contributed by atoms with van der Waals surface area (Å²) < 4.78 is 42.6. The average molecular weight is 574 g/mol. The Bertz CT molecular complexity index is 1460. The van der Waals surface area contributed by atoms with Crippen molar-refractivity contribution in [1.29, 1.82) is 0 Å². The number of nitrogens with zero attached hydrogens (tertiary/aromatic N) is 1. The Morgan fingerprint density at radius 3 is 2.49 bits per heavy atom. The lowest BCUT2D eigenvalue weighted by Crippen LogP contribution is -2.29. The maximum absolute atomic E-state index is 13.1. The van der Waals surface area contributed by atoms with Crippen LogP contribution in [-0.2, 0) is 26.0 Å². The van der Waals surface area contributed by atoms with E-state index in [0.717, 1.165) is 11.3 Å². The predicted octanol–water partition coefficient (Wildman–Crippen LogP) is 3.49. The van der Waals surface area contributed by atoms with Crippen LogP contribution in [-0.4, -0.2) is 60.8 Å². The molecule has 0 fully saturated rings. The van der Waals surface area contributed by atoms with Gasteiger partial charge in [-0.2, -0.15) is 0 Å². The van der Waals surface area contributed by atoms with E-state index in [4.69, 9.17) is 25.8 Å². The van der Waals surface area contributed by atoms with Crippen LogP contribution in [0.5, 0.6) is 11.5 Å². The SMILES string of the molecule is COCCNS(=O)(=O)c1ccc(OCC(=O)Nc2ccc3c(c2)N(C(=O)c2ccc(OC)cc2)CC3)c(Cl)c1. The molecule has 1 aliphatic rings. The van der Waals surface area contributed by atoms with Crippen LogP contribution in [0.4, 0.5) is 11.4 Å². The number of carbonyl (C=O) groups excluding carboxylic acids is 2. The molecule has 12 heteroatoms. The minimum atomic E-state index is -3.76. The fourth-order valence-corrected chi connectivity index (χ4v) is 5.36. The van der Waals surface area contributed by atoms with Crippen molar-refractivity contribution in [3.05, 3.63) is 76.8 Å². The molecule has 39 heavy (non-hydrogen) atoms. The molecule has 2 N–H and O–H groups in total. The highest BCUT2D eigenvalue weighted by Crippen LogP contribution is 2.32. The molecule has 4 rings (SSSR count). The van der Waals surface area contributed by atoms with Crippen molar-refractivity contribution in [2.24, 2.45) is 0 Å². The Morgan fingerprint density at radius 2 is 1.79 bits per heavy atom. The number of amides is 2. The summed E-state index contributed by atoms with van der Waals surface area (Å²) in [5, 5.41) is 2.80. The Labute approximate surface area is 231 Å². The number of anilines is 2. The standard InChI is InChI=1S/C27H28ClN3O7S/c1-36-14-12-29-39(34,35)22-9-10-25(23(28)16-22)38-17-26(32)30-20-6-3-18-11-13-31(24(18)15-20)27(33)19-4-7-21(37-2)8-5-19/h3-10,15-16,29H,11-14,17H2,1-2H3,(H,30,32). The van der Waals surface area contributed by atoms with Gasteiger partial charge in [-0.1, -0.05) is 17.7 Å². The summed E-state index contributed by atoms with van der Waals surface area (Å²) in [6.07, 6.45) is 0.709. The van der Waals surface area contributed by atoms with E-state index < -0.39 is 15.9 Å². The van der Waals surface area contributed by atoms with Crippen LogP contribution < -0.4 is 24.4 Å². The number of halogens is 1. The van der Waals surface area contributed by atoms with Gasteiger partial charge in [0.05, 0.1) is 23.6 Å². The highest BCUT2D eigenvalue weighted by atomic mass is 35.5. The fraction of sp³-hybridized carbons (Fsp3) is 0.259. The molecule has 0 atom stereocenters. The minimum Gasteiger partial charge on any atom is -0.497 e. The third-order valence-electron chi connectivity index (χ3n) is 6.02. The molecule has 0 bridgehead atoms. The second-order valence-electron chi connectivity index (χ2n) is 8.60. The Balaban J connectivity index is 1.37. The third-order valence-corrected chi connectivity index (χ3v) is 7.77.